The van der Waals surface area contributed by atoms with Crippen LogP contribution in [-0.4, -0.2) is 15.3 Å². The first-order valence-electron chi connectivity index (χ1n) is 9.14. The molecule has 1 aliphatic carbocycles. The van der Waals surface area contributed by atoms with Crippen LogP contribution in [0.25, 0.3) is 0 Å². The molecule has 3 N–H and O–H groups in total. The van der Waals surface area contributed by atoms with Crippen molar-refractivity contribution in [3.05, 3.63) is 93.3 Å². The summed E-state index contributed by atoms with van der Waals surface area (Å²) < 4.78 is 0. The quantitative estimate of drug-likeness (QED) is 0.647. The van der Waals surface area contributed by atoms with Crippen LogP contribution in [0, 0.1) is 27.7 Å². The van der Waals surface area contributed by atoms with Crippen molar-refractivity contribution in [2.45, 2.75) is 40.0 Å². The highest BCUT2D eigenvalue weighted by molar-refractivity contribution is 5.56. The average molecular weight is 362 g/mol. The third-order valence-electron chi connectivity index (χ3n) is 5.21. The van der Waals surface area contributed by atoms with Gasteiger partial charge < -0.3 is 15.3 Å². The molecule has 0 spiro atoms. The van der Waals surface area contributed by atoms with E-state index in [2.05, 4.69) is 0 Å². The lowest BCUT2D eigenvalue weighted by Gasteiger charge is -2.25. The molecule has 0 heterocycles. The lowest BCUT2D eigenvalue weighted by Crippen LogP contribution is -2.09. The minimum Gasteiger partial charge on any atom is -0.512 e. The van der Waals surface area contributed by atoms with Gasteiger partial charge in [-0.25, -0.2) is 0 Å². The number of benzene rings is 2. The molecule has 2 aromatic carbocycles. The smallest absolute Gasteiger partial charge is 0.118 e. The van der Waals surface area contributed by atoms with Crippen molar-refractivity contribution in [3.8, 4) is 11.5 Å². The molecule has 2 aromatic rings. The first-order valence-corrected chi connectivity index (χ1v) is 9.14. The van der Waals surface area contributed by atoms with E-state index in [0.717, 1.165) is 39.0 Å². The number of aryl methyl sites for hydroxylation is 4. The van der Waals surface area contributed by atoms with Gasteiger partial charge in [-0.15, -0.1) is 0 Å². The van der Waals surface area contributed by atoms with Gasteiger partial charge in [-0.2, -0.15) is 0 Å². The van der Waals surface area contributed by atoms with E-state index in [1.165, 1.54) is 0 Å². The van der Waals surface area contributed by atoms with Gasteiger partial charge in [-0.1, -0.05) is 30.4 Å². The monoisotopic (exact) mass is 362 g/mol. The fourth-order valence-electron chi connectivity index (χ4n) is 3.64. The molecule has 0 unspecified atom stereocenters. The number of allylic oxidation sites excluding steroid dienone is 5. The van der Waals surface area contributed by atoms with Crippen LogP contribution >= 0.6 is 0 Å². The maximum absolute atomic E-state index is 10.2. The molecule has 0 fully saturated rings. The van der Waals surface area contributed by atoms with Gasteiger partial charge in [-0.3, -0.25) is 0 Å². The zero-order valence-corrected chi connectivity index (χ0v) is 16.2. The second-order valence-corrected chi connectivity index (χ2v) is 7.36. The maximum Gasteiger partial charge on any atom is 0.118 e. The Morgan fingerprint density at radius 2 is 1.26 bits per heavy atom. The van der Waals surface area contributed by atoms with E-state index >= 15 is 0 Å². The number of hydrogen-bond acceptors (Lipinski definition) is 3. The summed E-state index contributed by atoms with van der Waals surface area (Å²) in [5, 5.41) is 30.4. The minimum atomic E-state index is -0.117. The molecule has 0 amide bonds. The number of aliphatic hydroxyl groups is 1. The van der Waals surface area contributed by atoms with E-state index < -0.39 is 0 Å². The van der Waals surface area contributed by atoms with Gasteiger partial charge in [-0.05, 0) is 84.9 Å². The Morgan fingerprint density at radius 1 is 0.741 bits per heavy atom. The highest BCUT2D eigenvalue weighted by Crippen LogP contribution is 2.40. The highest BCUT2D eigenvalue weighted by atomic mass is 16.3. The number of rotatable bonds is 3. The van der Waals surface area contributed by atoms with Crippen molar-refractivity contribution in [2.24, 2.45) is 0 Å². The highest BCUT2D eigenvalue weighted by Gasteiger charge is 2.24. The molecule has 0 aromatic heterocycles. The van der Waals surface area contributed by atoms with Crippen molar-refractivity contribution in [1.82, 2.24) is 0 Å². The molecule has 0 atom stereocenters. The predicted octanol–water partition coefficient (Wildman–Crippen LogP) is 5.79. The second-order valence-electron chi connectivity index (χ2n) is 7.36. The molecular formula is C24H26O3. The summed E-state index contributed by atoms with van der Waals surface area (Å²) in [4.78, 5) is 0. The predicted molar refractivity (Wildman–Crippen MR) is 110 cm³/mol. The SMILES string of the molecule is Cc1cc(C(C2=CC=CCC(O)=C2)c2cc(C)c(O)cc2C)c(C)cc1O. The number of aliphatic hydroxyl groups excluding tert-OH is 1. The zero-order valence-electron chi connectivity index (χ0n) is 16.2. The van der Waals surface area contributed by atoms with Gasteiger partial charge in [0.25, 0.3) is 0 Å². The van der Waals surface area contributed by atoms with Crippen molar-refractivity contribution in [3.63, 3.8) is 0 Å². The molecular weight excluding hydrogens is 336 g/mol. The first-order chi connectivity index (χ1) is 12.8. The Balaban J connectivity index is 2.30. The van der Waals surface area contributed by atoms with E-state index in [9.17, 15) is 15.3 Å². The molecule has 3 rings (SSSR count). The Hall–Kier alpha value is -2.94. The fraction of sp³-hybridized carbons (Fsp3) is 0.250. The minimum absolute atomic E-state index is 0.117. The number of phenols is 2. The molecule has 140 valence electrons. The molecule has 0 radical (unpaired) electrons. The number of hydrogen-bond donors (Lipinski definition) is 3. The van der Waals surface area contributed by atoms with Crippen LogP contribution in [0.2, 0.25) is 0 Å². The normalized spacial score (nSPS) is 14.1. The average Bonchev–Trinajstić information content (AvgIpc) is 2.81. The van der Waals surface area contributed by atoms with Gasteiger partial charge in [0, 0.05) is 12.3 Å². The first kappa shape index (κ1) is 18.8. The van der Waals surface area contributed by atoms with E-state index in [-0.39, 0.29) is 17.4 Å². The van der Waals surface area contributed by atoms with Crippen LogP contribution in [0.3, 0.4) is 0 Å². The zero-order chi connectivity index (χ0) is 19.7. The van der Waals surface area contributed by atoms with Crippen LogP contribution in [0.1, 0.15) is 45.7 Å². The van der Waals surface area contributed by atoms with Crippen LogP contribution < -0.4 is 0 Å². The van der Waals surface area contributed by atoms with Crippen LogP contribution in [0.15, 0.2) is 59.9 Å². The largest absolute Gasteiger partial charge is 0.512 e. The summed E-state index contributed by atoms with van der Waals surface area (Å²) in [5.74, 6) is 0.762. The van der Waals surface area contributed by atoms with Crippen molar-refractivity contribution in [1.29, 1.82) is 0 Å². The Bertz CT molecular complexity index is 920. The Labute approximate surface area is 160 Å². The van der Waals surface area contributed by atoms with Gasteiger partial charge in [0.15, 0.2) is 0 Å². The van der Waals surface area contributed by atoms with Crippen molar-refractivity contribution < 1.29 is 15.3 Å². The molecule has 3 nitrogen and oxygen atoms in total. The van der Waals surface area contributed by atoms with Crippen LogP contribution in [0.4, 0.5) is 0 Å². The van der Waals surface area contributed by atoms with E-state index in [4.69, 9.17) is 0 Å². The summed E-state index contributed by atoms with van der Waals surface area (Å²) in [7, 11) is 0. The van der Waals surface area contributed by atoms with Gasteiger partial charge in [0.2, 0.25) is 0 Å². The molecule has 0 saturated carbocycles. The second kappa shape index (κ2) is 7.36. The van der Waals surface area contributed by atoms with Crippen molar-refractivity contribution >= 4 is 0 Å². The lowest BCUT2D eigenvalue weighted by atomic mass is 9.79. The number of aromatic hydroxyl groups is 2. The summed E-state index contributed by atoms with van der Waals surface area (Å²) in [5.41, 5.74) is 6.71. The summed E-state index contributed by atoms with van der Waals surface area (Å²) in [6.45, 7) is 7.75. The molecule has 0 saturated heterocycles. The third-order valence-corrected chi connectivity index (χ3v) is 5.21. The van der Waals surface area contributed by atoms with E-state index in [1.807, 2.05) is 64.1 Å². The van der Waals surface area contributed by atoms with Gasteiger partial charge >= 0.3 is 0 Å². The molecule has 27 heavy (non-hydrogen) atoms. The topological polar surface area (TPSA) is 60.7 Å². The van der Waals surface area contributed by atoms with E-state index in [0.29, 0.717) is 12.2 Å². The fourth-order valence-corrected chi connectivity index (χ4v) is 3.64. The summed E-state index contributed by atoms with van der Waals surface area (Å²) in [6.07, 6.45) is 8.26. The summed E-state index contributed by atoms with van der Waals surface area (Å²) >= 11 is 0. The van der Waals surface area contributed by atoms with Gasteiger partial charge in [0.05, 0.1) is 5.76 Å². The molecule has 3 heteroatoms. The molecule has 0 aliphatic heterocycles. The molecule has 0 bridgehead atoms. The van der Waals surface area contributed by atoms with E-state index in [1.54, 1.807) is 12.1 Å². The Kier molecular flexibility index (Phi) is 5.13. The lowest BCUT2D eigenvalue weighted by molar-refractivity contribution is 0.401. The molecule has 1 aliphatic rings. The Morgan fingerprint density at radius 3 is 1.78 bits per heavy atom. The number of phenolic OH excluding ortho intramolecular Hbond substituents is 2. The maximum atomic E-state index is 10.2. The van der Waals surface area contributed by atoms with Crippen LogP contribution in [0.5, 0.6) is 11.5 Å². The van der Waals surface area contributed by atoms with Crippen molar-refractivity contribution in [2.75, 3.05) is 0 Å². The standard InChI is InChI=1S/C24H26O3/c1-14-11-22(26)16(3)9-20(14)24(18-7-5-6-8-19(25)13-18)21-10-17(4)23(27)12-15(21)2/h5-7,9-13,24-27H,8H2,1-4H3. The van der Waals surface area contributed by atoms with Crippen LogP contribution in [-0.2, 0) is 0 Å². The summed E-state index contributed by atoms with van der Waals surface area (Å²) in [6, 6.07) is 7.60. The van der Waals surface area contributed by atoms with Gasteiger partial charge in [0.1, 0.15) is 11.5 Å². The third kappa shape index (κ3) is 3.77.